The van der Waals surface area contributed by atoms with E-state index in [4.69, 9.17) is 4.74 Å². The van der Waals surface area contributed by atoms with Crippen molar-refractivity contribution in [2.45, 2.75) is 13.8 Å². The van der Waals surface area contributed by atoms with Crippen molar-refractivity contribution in [3.63, 3.8) is 0 Å². The summed E-state index contributed by atoms with van der Waals surface area (Å²) in [5.41, 5.74) is 5.82. The summed E-state index contributed by atoms with van der Waals surface area (Å²) in [6.07, 6.45) is 0. The van der Waals surface area contributed by atoms with Gasteiger partial charge in [0.25, 0.3) is 5.91 Å². The third-order valence-electron chi connectivity index (χ3n) is 4.13. The van der Waals surface area contributed by atoms with Crippen molar-refractivity contribution >= 4 is 28.6 Å². The molecule has 7 nitrogen and oxygen atoms in total. The number of hydrazone groups is 1. The van der Waals surface area contributed by atoms with Crippen molar-refractivity contribution in [1.82, 2.24) is 10.4 Å². The highest BCUT2D eigenvalue weighted by Crippen LogP contribution is 2.29. The van der Waals surface area contributed by atoms with Gasteiger partial charge in [-0.1, -0.05) is 0 Å². The van der Waals surface area contributed by atoms with Gasteiger partial charge in [0, 0.05) is 11.3 Å². The number of aromatic hydroxyl groups is 1. The van der Waals surface area contributed by atoms with Crippen molar-refractivity contribution in [2.24, 2.45) is 5.10 Å². The molecule has 29 heavy (non-hydrogen) atoms. The molecule has 0 atom stereocenters. The lowest BCUT2D eigenvalue weighted by atomic mass is 10.2. The second-order valence-electron chi connectivity index (χ2n) is 6.29. The summed E-state index contributed by atoms with van der Waals surface area (Å²) in [7, 11) is 1.61. The number of thiazole rings is 1. The smallest absolute Gasteiger partial charge is 0.259 e. The SMILES string of the molecule is COc1ccc(NCC(=O)N/N=C(\C)c2sc(-c3ccc(O)cc3)nc2C)cc1. The average molecular weight is 410 g/mol. The summed E-state index contributed by atoms with van der Waals surface area (Å²) >= 11 is 1.49. The number of hydrogen-bond donors (Lipinski definition) is 3. The number of hydrogen-bond acceptors (Lipinski definition) is 7. The van der Waals surface area contributed by atoms with Crippen molar-refractivity contribution in [1.29, 1.82) is 0 Å². The number of nitrogens with one attached hydrogen (secondary N) is 2. The van der Waals surface area contributed by atoms with Gasteiger partial charge in [0.15, 0.2) is 0 Å². The number of carbonyl (C=O) groups is 1. The molecule has 0 fully saturated rings. The number of phenolic OH excluding ortho intramolecular Hbond substituents is 1. The maximum absolute atomic E-state index is 12.1. The van der Waals surface area contributed by atoms with E-state index in [1.807, 2.05) is 50.2 Å². The highest BCUT2D eigenvalue weighted by Gasteiger charge is 2.12. The largest absolute Gasteiger partial charge is 0.508 e. The van der Waals surface area contributed by atoms with Crippen LogP contribution >= 0.6 is 11.3 Å². The van der Waals surface area contributed by atoms with Crippen LogP contribution in [0.25, 0.3) is 10.6 Å². The first-order valence-electron chi connectivity index (χ1n) is 8.94. The van der Waals surface area contributed by atoms with E-state index in [9.17, 15) is 9.90 Å². The third-order valence-corrected chi connectivity index (χ3v) is 5.45. The van der Waals surface area contributed by atoms with Crippen molar-refractivity contribution in [3.8, 4) is 22.1 Å². The minimum Gasteiger partial charge on any atom is -0.508 e. The number of amides is 1. The highest BCUT2D eigenvalue weighted by molar-refractivity contribution is 7.17. The maximum atomic E-state index is 12.1. The summed E-state index contributed by atoms with van der Waals surface area (Å²) in [5.74, 6) is 0.721. The first-order valence-corrected chi connectivity index (χ1v) is 9.76. The van der Waals surface area contributed by atoms with E-state index in [-0.39, 0.29) is 18.2 Å². The Hall–Kier alpha value is -3.39. The van der Waals surface area contributed by atoms with Crippen molar-refractivity contribution in [2.75, 3.05) is 19.0 Å². The lowest BCUT2D eigenvalue weighted by Crippen LogP contribution is -2.26. The van der Waals surface area contributed by atoms with E-state index >= 15 is 0 Å². The summed E-state index contributed by atoms with van der Waals surface area (Å²) in [6.45, 7) is 3.84. The van der Waals surface area contributed by atoms with E-state index in [2.05, 4.69) is 20.8 Å². The Morgan fingerprint density at radius 3 is 2.52 bits per heavy atom. The number of phenols is 1. The zero-order chi connectivity index (χ0) is 20.8. The van der Waals surface area contributed by atoms with Crippen molar-refractivity contribution in [3.05, 3.63) is 59.1 Å². The van der Waals surface area contributed by atoms with Gasteiger partial charge in [-0.2, -0.15) is 5.10 Å². The molecule has 1 amide bonds. The minimum atomic E-state index is -0.249. The monoisotopic (exact) mass is 410 g/mol. The molecule has 0 spiro atoms. The number of methoxy groups -OCH3 is 1. The second-order valence-corrected chi connectivity index (χ2v) is 7.29. The molecule has 8 heteroatoms. The van der Waals surface area contributed by atoms with Gasteiger partial charge in [-0.25, -0.2) is 10.4 Å². The molecule has 2 aromatic carbocycles. The molecule has 0 unspecified atom stereocenters. The molecule has 0 radical (unpaired) electrons. The molecule has 0 aliphatic rings. The van der Waals surface area contributed by atoms with Crippen LogP contribution < -0.4 is 15.5 Å². The number of rotatable bonds is 7. The molecule has 1 heterocycles. The van der Waals surface area contributed by atoms with Crippen molar-refractivity contribution < 1.29 is 14.6 Å². The molecule has 0 saturated heterocycles. The Bertz CT molecular complexity index is 1010. The Kier molecular flexibility index (Phi) is 6.46. The fourth-order valence-corrected chi connectivity index (χ4v) is 3.60. The van der Waals surface area contributed by atoms with E-state index < -0.39 is 0 Å². The number of ether oxygens (including phenoxy) is 1. The second kappa shape index (κ2) is 9.20. The van der Waals surface area contributed by atoms with Crippen LogP contribution in [0.1, 0.15) is 17.5 Å². The average Bonchev–Trinajstić information content (AvgIpc) is 3.13. The maximum Gasteiger partial charge on any atom is 0.259 e. The number of aromatic nitrogens is 1. The molecular formula is C21H22N4O3S. The molecular weight excluding hydrogens is 388 g/mol. The number of nitrogens with zero attached hydrogens (tertiary/aromatic N) is 2. The Labute approximate surface area is 173 Å². The summed E-state index contributed by atoms with van der Waals surface area (Å²) in [4.78, 5) is 17.5. The van der Waals surface area contributed by atoms with E-state index in [0.717, 1.165) is 32.6 Å². The molecule has 1 aromatic heterocycles. The van der Waals surface area contributed by atoms with Gasteiger partial charge in [0.05, 0.1) is 29.9 Å². The molecule has 3 N–H and O–H groups in total. The Morgan fingerprint density at radius 1 is 1.17 bits per heavy atom. The van der Waals surface area contributed by atoms with Crippen LogP contribution in [0, 0.1) is 6.92 Å². The summed E-state index contributed by atoms with van der Waals surface area (Å²) < 4.78 is 5.11. The molecule has 0 bridgehead atoms. The predicted molar refractivity (Wildman–Crippen MR) is 116 cm³/mol. The van der Waals surface area contributed by atoms with Crippen LogP contribution in [0.5, 0.6) is 11.5 Å². The van der Waals surface area contributed by atoms with Gasteiger partial charge in [0.1, 0.15) is 16.5 Å². The topological polar surface area (TPSA) is 95.8 Å². The van der Waals surface area contributed by atoms with Gasteiger partial charge in [0.2, 0.25) is 0 Å². The molecule has 3 aromatic rings. The Balaban J connectivity index is 1.60. The summed E-state index contributed by atoms with van der Waals surface area (Å²) in [5, 5.41) is 17.5. The first kappa shape index (κ1) is 20.3. The predicted octanol–water partition coefficient (Wildman–Crippen LogP) is 3.79. The van der Waals surface area contributed by atoms with E-state index in [1.54, 1.807) is 19.2 Å². The Morgan fingerprint density at radius 2 is 1.86 bits per heavy atom. The lowest BCUT2D eigenvalue weighted by Gasteiger charge is -2.06. The zero-order valence-corrected chi connectivity index (χ0v) is 17.2. The van der Waals surface area contributed by atoms with E-state index in [1.165, 1.54) is 11.3 Å². The fourth-order valence-electron chi connectivity index (χ4n) is 2.59. The number of aryl methyl sites for hydroxylation is 1. The quantitative estimate of drug-likeness (QED) is 0.407. The molecule has 0 aliphatic carbocycles. The van der Waals surface area contributed by atoms with Crippen LogP contribution in [0.2, 0.25) is 0 Å². The van der Waals surface area contributed by atoms with Crippen LogP contribution in [-0.2, 0) is 4.79 Å². The lowest BCUT2D eigenvalue weighted by molar-refractivity contribution is -0.119. The molecule has 3 rings (SSSR count). The minimum absolute atomic E-state index is 0.101. The normalized spacial score (nSPS) is 11.2. The van der Waals surface area contributed by atoms with Crippen LogP contribution in [0.15, 0.2) is 53.6 Å². The van der Waals surface area contributed by atoms with Gasteiger partial charge in [-0.3, -0.25) is 4.79 Å². The van der Waals surface area contributed by atoms with Gasteiger partial charge in [-0.05, 0) is 62.4 Å². The number of benzene rings is 2. The standard InChI is InChI=1S/C21H22N4O3S/c1-13-20(29-21(23-13)15-4-8-17(26)9-5-15)14(2)24-25-19(27)12-22-16-6-10-18(28-3)11-7-16/h4-11,22,26H,12H2,1-3H3,(H,25,27)/b24-14+. The highest BCUT2D eigenvalue weighted by atomic mass is 32.1. The van der Waals surface area contributed by atoms with E-state index in [0.29, 0.717) is 5.71 Å². The fraction of sp³-hybridized carbons (Fsp3) is 0.190. The molecule has 150 valence electrons. The first-order chi connectivity index (χ1) is 14.0. The number of anilines is 1. The van der Waals surface area contributed by atoms with Crippen LogP contribution in [0.4, 0.5) is 5.69 Å². The molecule has 0 aliphatic heterocycles. The number of carbonyl (C=O) groups excluding carboxylic acids is 1. The third kappa shape index (κ3) is 5.32. The van der Waals surface area contributed by atoms with Gasteiger partial charge in [-0.15, -0.1) is 11.3 Å². The van der Waals surface area contributed by atoms with Crippen LogP contribution in [-0.4, -0.2) is 35.4 Å². The van der Waals surface area contributed by atoms with Gasteiger partial charge >= 0.3 is 0 Å². The summed E-state index contributed by atoms with van der Waals surface area (Å²) in [6, 6.07) is 14.2. The van der Waals surface area contributed by atoms with Gasteiger partial charge < -0.3 is 15.2 Å². The zero-order valence-electron chi connectivity index (χ0n) is 16.4. The van der Waals surface area contributed by atoms with Crippen LogP contribution in [0.3, 0.4) is 0 Å². The molecule has 0 saturated carbocycles.